The molecule has 4 aromatic carbocycles. The third-order valence-electron chi connectivity index (χ3n) is 10.3. The lowest BCUT2D eigenvalue weighted by Crippen LogP contribution is -2.25. The summed E-state index contributed by atoms with van der Waals surface area (Å²) in [6.45, 7) is 8.00. The number of anilines is 2. The van der Waals surface area contributed by atoms with Crippen LogP contribution in [0.5, 0.6) is 0 Å². The highest BCUT2D eigenvalue weighted by atomic mass is 32.2. The maximum Gasteiger partial charge on any atom is 0.251 e. The average molecular weight is 852 g/mol. The highest BCUT2D eigenvalue weighted by Gasteiger charge is 2.24. The van der Waals surface area contributed by atoms with Gasteiger partial charge in [0.05, 0.1) is 51.6 Å². The smallest absolute Gasteiger partial charge is 0.251 e. The monoisotopic (exact) mass is 851 g/mol. The minimum atomic E-state index is -3.59. The maximum absolute atomic E-state index is 12.3. The van der Waals surface area contributed by atoms with Crippen LogP contribution in [0.2, 0.25) is 0 Å². The largest absolute Gasteiger partial charge is 0.367 e. The quantitative estimate of drug-likeness (QED) is 0.0766. The van der Waals surface area contributed by atoms with Gasteiger partial charge in [-0.1, -0.05) is 69.3 Å². The number of sulfonamides is 1. The Morgan fingerprint density at radius 1 is 0.710 bits per heavy atom. The first-order valence-corrected chi connectivity index (χ1v) is 22.5. The summed E-state index contributed by atoms with van der Waals surface area (Å²) < 4.78 is 26.7. The first kappa shape index (κ1) is 41.8. The van der Waals surface area contributed by atoms with E-state index in [2.05, 4.69) is 60.5 Å². The molecule has 4 aromatic heterocycles. The number of rotatable bonds is 14. The van der Waals surface area contributed by atoms with E-state index in [9.17, 15) is 18.0 Å². The van der Waals surface area contributed by atoms with Gasteiger partial charge >= 0.3 is 0 Å². The van der Waals surface area contributed by atoms with Gasteiger partial charge in [0.1, 0.15) is 0 Å². The second-order valence-corrected chi connectivity index (χ2v) is 17.5. The predicted octanol–water partition coefficient (Wildman–Crippen LogP) is 6.90. The number of fused-ring (bicyclic) bond motifs is 6. The lowest BCUT2D eigenvalue weighted by molar-refractivity contribution is 0.0944. The van der Waals surface area contributed by atoms with Gasteiger partial charge in [-0.15, -0.1) is 0 Å². The highest BCUT2D eigenvalue weighted by Crippen LogP contribution is 2.31. The van der Waals surface area contributed by atoms with Crippen LogP contribution in [-0.4, -0.2) is 80.4 Å². The average Bonchev–Trinajstić information content (AvgIpc) is 3.78. The van der Waals surface area contributed by atoms with Crippen LogP contribution in [-0.2, 0) is 10.0 Å². The van der Waals surface area contributed by atoms with Gasteiger partial charge in [0, 0.05) is 47.9 Å². The second-order valence-electron chi connectivity index (χ2n) is 15.7. The van der Waals surface area contributed by atoms with Crippen molar-refractivity contribution < 1.29 is 18.0 Å². The maximum atomic E-state index is 12.3. The zero-order chi connectivity index (χ0) is 43.4. The lowest BCUT2D eigenvalue weighted by Gasteiger charge is -2.13. The van der Waals surface area contributed by atoms with Gasteiger partial charge in [-0.05, 0) is 73.7 Å². The first-order valence-electron chi connectivity index (χ1n) is 20.8. The molecule has 4 heterocycles. The van der Waals surface area contributed by atoms with E-state index in [4.69, 9.17) is 10.1 Å². The van der Waals surface area contributed by atoms with Crippen molar-refractivity contribution in [1.29, 1.82) is 0 Å². The molecule has 2 amide bonds. The predicted molar refractivity (Wildman–Crippen MR) is 245 cm³/mol. The molecule has 1 aliphatic rings. The second kappa shape index (κ2) is 18.0. The molecule has 0 radical (unpaired) electrons. The van der Waals surface area contributed by atoms with E-state index in [0.29, 0.717) is 41.1 Å². The van der Waals surface area contributed by atoms with E-state index >= 15 is 0 Å². The summed E-state index contributed by atoms with van der Waals surface area (Å²) in [5.74, 6) is 1.43. The number of amides is 2. The van der Waals surface area contributed by atoms with Crippen LogP contribution in [0.4, 0.5) is 11.6 Å². The molecular weight excluding hydrogens is 803 g/mol. The van der Waals surface area contributed by atoms with Crippen molar-refractivity contribution in [3.05, 3.63) is 121 Å². The van der Waals surface area contributed by atoms with Gasteiger partial charge in [-0.25, -0.2) is 33.5 Å². The number of aromatic nitrogens is 6. The number of para-hydroxylation sites is 4. The fraction of sp³-hybridized carbons (Fsp3) is 0.261. The Morgan fingerprint density at radius 3 is 1.69 bits per heavy atom. The van der Waals surface area contributed by atoms with E-state index in [1.807, 2.05) is 96.4 Å². The Bertz CT molecular complexity index is 3010. The number of nitrogens with one attached hydrogen (secondary N) is 4. The fourth-order valence-electron chi connectivity index (χ4n) is 7.04. The molecule has 0 bridgehead atoms. The van der Waals surface area contributed by atoms with Crippen LogP contribution in [0.15, 0.2) is 109 Å². The molecule has 9 rings (SSSR count). The molecule has 0 spiro atoms. The fourth-order valence-corrected chi connectivity index (χ4v) is 7.43. The molecular formula is C46H49N11O4S. The number of primary sulfonamides is 1. The molecule has 16 heteroatoms. The molecule has 62 heavy (non-hydrogen) atoms. The summed E-state index contributed by atoms with van der Waals surface area (Å²) in [5, 5.41) is 17.5. The van der Waals surface area contributed by atoms with Crippen molar-refractivity contribution >= 4 is 66.8 Å². The van der Waals surface area contributed by atoms with E-state index in [0.717, 1.165) is 81.9 Å². The Balaban J connectivity index is 0.000000171. The van der Waals surface area contributed by atoms with Crippen LogP contribution >= 0.6 is 0 Å². The van der Waals surface area contributed by atoms with Crippen molar-refractivity contribution in [2.24, 2.45) is 11.1 Å². The Labute approximate surface area is 359 Å². The summed E-state index contributed by atoms with van der Waals surface area (Å²) in [4.78, 5) is 43.2. The van der Waals surface area contributed by atoms with E-state index in [1.54, 1.807) is 18.3 Å². The van der Waals surface area contributed by atoms with Crippen LogP contribution in [0, 0.1) is 5.92 Å². The van der Waals surface area contributed by atoms with Crippen LogP contribution in [0.1, 0.15) is 60.7 Å². The standard InChI is InChI=1S/C24H27N5O.C22H22N6O3S/c1-4-13-25-24(30)18-11-9-17(10-12-18)21-15-27-23-22(26-14-16(2)3)28-19-7-5-6-8-20(19)29(21)23;23-32(30,31)12-11-24-20-21-25-13-19(28(21)18-4-2-1-3-17(18)27-20)14-5-7-15(8-6-14)22(29)26-16-9-10-16/h5-12,15-16H,4,13-14H2,1-3H3,(H,25,30)(H,26,28);1-8,13,16H,9-12H2,(H,24,27)(H,26,29)(H2,23,30,31). The Hall–Kier alpha value is -6.91. The van der Waals surface area contributed by atoms with Crippen molar-refractivity contribution in [3.63, 3.8) is 0 Å². The number of nitrogens with zero attached hydrogens (tertiary/aromatic N) is 6. The number of carbonyl (C=O) groups is 2. The van der Waals surface area contributed by atoms with Crippen LogP contribution < -0.4 is 26.4 Å². The molecule has 15 nitrogen and oxygen atoms in total. The van der Waals surface area contributed by atoms with Crippen LogP contribution in [0.25, 0.3) is 55.9 Å². The summed E-state index contributed by atoms with van der Waals surface area (Å²) in [5.41, 5.74) is 9.86. The number of nitrogens with two attached hydrogens (primary N) is 1. The topological polar surface area (TPSA) is 203 Å². The number of hydrogen-bond acceptors (Lipinski definition) is 10. The SMILES string of the molecule is CCCNC(=O)c1ccc(-c2cnc3c(NCC(C)C)nc4ccccc4n23)cc1.NS(=O)(=O)CCNc1nc2ccccc2n2c(-c3ccc(C(=O)NC4CC4)cc3)cnc12. The molecule has 1 saturated carbocycles. The third kappa shape index (κ3) is 9.36. The zero-order valence-electron chi connectivity index (χ0n) is 34.8. The van der Waals surface area contributed by atoms with Crippen molar-refractivity contribution in [2.75, 3.05) is 36.0 Å². The van der Waals surface area contributed by atoms with Crippen LogP contribution in [0.3, 0.4) is 0 Å². The molecule has 0 atom stereocenters. The van der Waals surface area contributed by atoms with Gasteiger partial charge in [0.15, 0.2) is 22.9 Å². The summed E-state index contributed by atoms with van der Waals surface area (Å²) in [7, 11) is -3.59. The van der Waals surface area contributed by atoms with Gasteiger partial charge < -0.3 is 21.3 Å². The Morgan fingerprint density at radius 2 is 1.21 bits per heavy atom. The minimum absolute atomic E-state index is 0.0450. The molecule has 0 saturated heterocycles. The number of imidazole rings is 2. The van der Waals surface area contributed by atoms with Gasteiger partial charge in [0.2, 0.25) is 10.0 Å². The van der Waals surface area contributed by atoms with Gasteiger partial charge in [-0.2, -0.15) is 0 Å². The molecule has 0 unspecified atom stereocenters. The van der Waals surface area contributed by atoms with Gasteiger partial charge in [0.25, 0.3) is 11.8 Å². The molecule has 1 fully saturated rings. The van der Waals surface area contributed by atoms with Gasteiger partial charge in [-0.3, -0.25) is 18.4 Å². The van der Waals surface area contributed by atoms with Crippen molar-refractivity contribution in [1.82, 2.24) is 39.4 Å². The van der Waals surface area contributed by atoms with Crippen molar-refractivity contribution in [3.8, 4) is 22.5 Å². The summed E-state index contributed by atoms with van der Waals surface area (Å²) in [6.07, 6.45) is 6.62. The number of benzene rings is 4. The molecule has 6 N–H and O–H groups in total. The number of carbonyl (C=O) groups excluding carboxylic acids is 2. The van der Waals surface area contributed by atoms with Crippen molar-refractivity contribution in [2.45, 2.75) is 46.1 Å². The first-order chi connectivity index (χ1) is 30.0. The zero-order valence-corrected chi connectivity index (χ0v) is 35.6. The lowest BCUT2D eigenvalue weighted by atomic mass is 10.1. The normalized spacial score (nSPS) is 12.7. The molecule has 8 aromatic rings. The number of hydrogen-bond donors (Lipinski definition) is 5. The minimum Gasteiger partial charge on any atom is -0.367 e. The summed E-state index contributed by atoms with van der Waals surface area (Å²) in [6, 6.07) is 31.1. The summed E-state index contributed by atoms with van der Waals surface area (Å²) >= 11 is 0. The van der Waals surface area contributed by atoms with E-state index < -0.39 is 10.0 Å². The van der Waals surface area contributed by atoms with E-state index in [-0.39, 0.29) is 24.1 Å². The molecule has 318 valence electrons. The van der Waals surface area contributed by atoms with E-state index in [1.165, 1.54) is 0 Å². The molecule has 0 aliphatic heterocycles. The third-order valence-corrected chi connectivity index (χ3v) is 11.1. The Kier molecular flexibility index (Phi) is 12.1. The molecule has 1 aliphatic carbocycles. The highest BCUT2D eigenvalue weighted by molar-refractivity contribution is 7.89.